The summed E-state index contributed by atoms with van der Waals surface area (Å²) in [6.07, 6.45) is 1.44. The number of para-hydroxylation sites is 1. The molecule has 0 amide bonds. The quantitative estimate of drug-likeness (QED) is 0.702. The molecule has 0 fully saturated rings. The van der Waals surface area contributed by atoms with Gasteiger partial charge in [0, 0.05) is 11.3 Å². The van der Waals surface area contributed by atoms with Crippen LogP contribution in [0.25, 0.3) is 0 Å². The maximum Gasteiger partial charge on any atom is 0.266 e. The van der Waals surface area contributed by atoms with Crippen LogP contribution in [0.2, 0.25) is 0 Å². The predicted octanol–water partition coefficient (Wildman–Crippen LogP) is 3.79. The number of rotatable bonds is 3. The van der Waals surface area contributed by atoms with Gasteiger partial charge in [-0.05, 0) is 42.5 Å². The molecule has 0 radical (unpaired) electrons. The lowest BCUT2D eigenvalue weighted by molar-refractivity contribution is 0.677. The Morgan fingerprint density at radius 1 is 1.04 bits per heavy atom. The van der Waals surface area contributed by atoms with Crippen molar-refractivity contribution < 1.29 is 0 Å². The first-order valence-electron chi connectivity index (χ1n) is 8.84. The predicted molar refractivity (Wildman–Crippen MR) is 106 cm³/mol. The van der Waals surface area contributed by atoms with Gasteiger partial charge in [-0.15, -0.1) is 0 Å². The largest absolute Gasteiger partial charge is 0.324 e. The van der Waals surface area contributed by atoms with Gasteiger partial charge in [-0.25, -0.2) is 0 Å². The summed E-state index contributed by atoms with van der Waals surface area (Å²) in [7, 11) is 0. The molecule has 0 spiro atoms. The molecule has 1 atom stereocenters. The fourth-order valence-electron chi connectivity index (χ4n) is 3.44. The van der Waals surface area contributed by atoms with Gasteiger partial charge >= 0.3 is 0 Å². The highest BCUT2D eigenvalue weighted by atomic mass is 16.1. The molecule has 132 valence electrons. The number of aromatic nitrogens is 1. The van der Waals surface area contributed by atoms with Gasteiger partial charge in [-0.1, -0.05) is 48.5 Å². The Hall–Kier alpha value is -3.65. The summed E-state index contributed by atoms with van der Waals surface area (Å²) in [5, 5.41) is 13.8. The van der Waals surface area contributed by atoms with E-state index in [1.807, 2.05) is 54.6 Å². The number of hydrogen-bond acceptors (Lipinski definition) is 4. The Bertz CT molecular complexity index is 1080. The summed E-state index contributed by atoms with van der Waals surface area (Å²) in [5.74, 6) is 0.221. The lowest BCUT2D eigenvalue weighted by Gasteiger charge is -2.26. The number of hydrogen-bond donors (Lipinski definition) is 2. The molecular weight excluding hydrogens is 336 g/mol. The van der Waals surface area contributed by atoms with E-state index in [0.717, 1.165) is 29.1 Å². The molecule has 0 bridgehead atoms. The zero-order chi connectivity index (χ0) is 18.6. The number of benzene rings is 2. The summed E-state index contributed by atoms with van der Waals surface area (Å²) < 4.78 is 0. The van der Waals surface area contributed by atoms with E-state index in [2.05, 4.69) is 27.6 Å². The van der Waals surface area contributed by atoms with Crippen LogP contribution in [0.3, 0.4) is 0 Å². The molecule has 2 aromatic carbocycles. The van der Waals surface area contributed by atoms with E-state index >= 15 is 0 Å². The van der Waals surface area contributed by atoms with Crippen molar-refractivity contribution >= 4 is 11.4 Å². The molecule has 1 aliphatic carbocycles. The van der Waals surface area contributed by atoms with Gasteiger partial charge in [-0.3, -0.25) is 10.2 Å². The van der Waals surface area contributed by atoms with Gasteiger partial charge in [0.1, 0.15) is 11.6 Å². The van der Waals surface area contributed by atoms with Crippen LogP contribution in [0.4, 0.5) is 5.69 Å². The Labute approximate surface area is 157 Å². The second kappa shape index (κ2) is 7.30. The second-order valence-corrected chi connectivity index (χ2v) is 6.57. The Kier molecular flexibility index (Phi) is 4.54. The van der Waals surface area contributed by atoms with Crippen molar-refractivity contribution in [3.63, 3.8) is 0 Å². The third-order valence-electron chi connectivity index (χ3n) is 4.81. The van der Waals surface area contributed by atoms with E-state index < -0.39 is 0 Å². The number of pyridine rings is 1. The number of anilines is 1. The third-order valence-corrected chi connectivity index (χ3v) is 4.81. The highest BCUT2D eigenvalue weighted by Crippen LogP contribution is 2.32. The summed E-state index contributed by atoms with van der Waals surface area (Å²) in [5.41, 5.74) is 7.45. The SMILES string of the molecule is N#Cc1cc2c([nH]c1=O)CC(c1ccccc1)C/C2=N\Nc1ccccc1. The van der Waals surface area contributed by atoms with Crippen LogP contribution in [0, 0.1) is 11.3 Å². The fraction of sp³-hybridized carbons (Fsp3) is 0.136. The maximum atomic E-state index is 12.1. The average Bonchev–Trinajstić information content (AvgIpc) is 2.72. The molecule has 0 saturated heterocycles. The van der Waals surface area contributed by atoms with Gasteiger partial charge < -0.3 is 4.98 Å². The molecule has 1 aromatic heterocycles. The lowest BCUT2D eigenvalue weighted by atomic mass is 9.81. The van der Waals surface area contributed by atoms with Gasteiger partial charge in [0.25, 0.3) is 5.56 Å². The Balaban J connectivity index is 1.76. The molecule has 1 aliphatic rings. The van der Waals surface area contributed by atoms with Crippen molar-refractivity contribution in [2.75, 3.05) is 5.43 Å². The van der Waals surface area contributed by atoms with Crippen LogP contribution >= 0.6 is 0 Å². The van der Waals surface area contributed by atoms with E-state index in [4.69, 9.17) is 0 Å². The smallest absolute Gasteiger partial charge is 0.266 e. The van der Waals surface area contributed by atoms with Crippen LogP contribution in [0.5, 0.6) is 0 Å². The van der Waals surface area contributed by atoms with Gasteiger partial charge in [-0.2, -0.15) is 10.4 Å². The van der Waals surface area contributed by atoms with Crippen molar-refractivity contribution in [1.29, 1.82) is 5.26 Å². The molecule has 0 saturated carbocycles. The molecule has 27 heavy (non-hydrogen) atoms. The molecule has 5 heteroatoms. The van der Waals surface area contributed by atoms with Crippen LogP contribution < -0.4 is 11.0 Å². The van der Waals surface area contributed by atoms with Gasteiger partial charge in [0.2, 0.25) is 0 Å². The summed E-state index contributed by atoms with van der Waals surface area (Å²) in [4.78, 5) is 15.0. The minimum absolute atomic E-state index is 0.110. The number of aromatic amines is 1. The molecular formula is C22H18N4O. The molecule has 5 nitrogen and oxygen atoms in total. The zero-order valence-electron chi connectivity index (χ0n) is 14.6. The molecule has 1 unspecified atom stereocenters. The number of nitrogens with zero attached hydrogens (tertiary/aromatic N) is 2. The Morgan fingerprint density at radius 3 is 2.44 bits per heavy atom. The first-order valence-corrected chi connectivity index (χ1v) is 8.84. The number of H-pyrrole nitrogens is 1. The van der Waals surface area contributed by atoms with Crippen molar-refractivity contribution in [2.24, 2.45) is 5.10 Å². The molecule has 1 heterocycles. The highest BCUT2D eigenvalue weighted by Gasteiger charge is 2.26. The molecule has 3 aromatic rings. The van der Waals surface area contributed by atoms with Crippen molar-refractivity contribution in [3.8, 4) is 6.07 Å². The summed E-state index contributed by atoms with van der Waals surface area (Å²) >= 11 is 0. The first-order chi connectivity index (χ1) is 13.2. The minimum atomic E-state index is -0.347. The summed E-state index contributed by atoms with van der Waals surface area (Å²) in [6.45, 7) is 0. The number of fused-ring (bicyclic) bond motifs is 1. The van der Waals surface area contributed by atoms with Gasteiger partial charge in [0.05, 0.1) is 11.4 Å². The van der Waals surface area contributed by atoms with E-state index in [9.17, 15) is 10.1 Å². The molecule has 2 N–H and O–H groups in total. The maximum absolute atomic E-state index is 12.1. The van der Waals surface area contributed by atoms with E-state index in [1.165, 1.54) is 5.56 Å². The van der Waals surface area contributed by atoms with Crippen molar-refractivity contribution in [2.45, 2.75) is 18.8 Å². The normalized spacial score (nSPS) is 17.1. The van der Waals surface area contributed by atoms with Crippen molar-refractivity contribution in [1.82, 2.24) is 4.98 Å². The van der Waals surface area contributed by atoms with Crippen molar-refractivity contribution in [3.05, 3.63) is 99.5 Å². The summed E-state index contributed by atoms with van der Waals surface area (Å²) in [6, 6.07) is 23.6. The van der Waals surface area contributed by atoms with Crippen LogP contribution in [0.15, 0.2) is 76.6 Å². The first kappa shape index (κ1) is 16.8. The standard InChI is InChI=1S/C22H18N4O/c23-14-17-11-19-20(24-22(17)27)12-16(15-7-3-1-4-8-15)13-21(19)26-25-18-9-5-2-6-10-18/h1-11,16,25H,12-13H2,(H,24,27)/b26-21+. The minimum Gasteiger partial charge on any atom is -0.324 e. The van der Waals surface area contributed by atoms with E-state index in [-0.39, 0.29) is 17.0 Å². The average molecular weight is 354 g/mol. The highest BCUT2D eigenvalue weighted by molar-refractivity contribution is 6.03. The lowest BCUT2D eigenvalue weighted by Crippen LogP contribution is -2.26. The monoisotopic (exact) mass is 354 g/mol. The number of nitriles is 1. The topological polar surface area (TPSA) is 81.0 Å². The van der Waals surface area contributed by atoms with Crippen LogP contribution in [-0.4, -0.2) is 10.7 Å². The second-order valence-electron chi connectivity index (χ2n) is 6.57. The van der Waals surface area contributed by atoms with Crippen LogP contribution in [0.1, 0.15) is 34.7 Å². The third kappa shape index (κ3) is 3.51. The molecule has 0 aliphatic heterocycles. The fourth-order valence-corrected chi connectivity index (χ4v) is 3.44. The van der Waals surface area contributed by atoms with E-state index in [0.29, 0.717) is 6.42 Å². The van der Waals surface area contributed by atoms with Gasteiger partial charge in [0.15, 0.2) is 0 Å². The van der Waals surface area contributed by atoms with Crippen LogP contribution in [-0.2, 0) is 6.42 Å². The number of hydrazone groups is 1. The zero-order valence-corrected chi connectivity index (χ0v) is 14.6. The number of nitrogens with one attached hydrogen (secondary N) is 2. The Morgan fingerprint density at radius 2 is 1.74 bits per heavy atom. The molecule has 4 rings (SSSR count). The van der Waals surface area contributed by atoms with E-state index in [1.54, 1.807) is 6.07 Å².